The number of ether oxygens (including phenoxy) is 1. The summed E-state index contributed by atoms with van der Waals surface area (Å²) in [5.41, 5.74) is 7.22. The number of aromatic amines is 1. The average molecular weight is 432 g/mol. The molecule has 3 aromatic rings. The lowest BCUT2D eigenvalue weighted by atomic mass is 9.96. The van der Waals surface area contributed by atoms with Crippen molar-refractivity contribution in [2.45, 2.75) is 31.6 Å². The highest BCUT2D eigenvalue weighted by Crippen LogP contribution is 2.36. The number of imidazole rings is 1. The van der Waals surface area contributed by atoms with Crippen molar-refractivity contribution < 1.29 is 9.94 Å². The Morgan fingerprint density at radius 1 is 1.12 bits per heavy atom. The van der Waals surface area contributed by atoms with Crippen LogP contribution >= 0.6 is 0 Å². The van der Waals surface area contributed by atoms with E-state index in [2.05, 4.69) is 38.2 Å². The molecule has 0 bridgehead atoms. The molecule has 0 saturated carbocycles. The third-order valence-electron chi connectivity index (χ3n) is 6.72. The zero-order valence-electron chi connectivity index (χ0n) is 18.4. The molecule has 32 heavy (non-hydrogen) atoms. The monoisotopic (exact) mass is 431 g/mol. The Labute approximate surface area is 188 Å². The summed E-state index contributed by atoms with van der Waals surface area (Å²) in [4.78, 5) is 15.4. The van der Waals surface area contributed by atoms with E-state index in [4.69, 9.17) is 9.72 Å². The molecule has 1 fully saturated rings. The molecular weight excluding hydrogens is 402 g/mol. The van der Waals surface area contributed by atoms with E-state index in [1.807, 2.05) is 24.5 Å². The molecule has 7 heteroatoms. The molecule has 2 N–H and O–H groups in total. The second-order valence-corrected chi connectivity index (χ2v) is 8.61. The van der Waals surface area contributed by atoms with Crippen LogP contribution in [0.2, 0.25) is 0 Å². The van der Waals surface area contributed by atoms with Gasteiger partial charge in [-0.2, -0.15) is 0 Å². The third kappa shape index (κ3) is 4.06. The summed E-state index contributed by atoms with van der Waals surface area (Å²) in [6, 6.07) is 10.4. The standard InChI is InChI=1S/C25H29N5O2/c1-32-15-14-30-12-8-18(9-13-30)25-27-23(17-6-10-26-11-7-17)24(28-25)20-2-4-21-19(16-20)3-5-22(21)29-31/h2,4,6-7,10-11,16,18,31H,3,5,8-9,12-15H2,1H3,(H,27,28). The number of nitrogens with zero attached hydrogens (tertiary/aromatic N) is 4. The van der Waals surface area contributed by atoms with Crippen LogP contribution in [0.15, 0.2) is 47.9 Å². The van der Waals surface area contributed by atoms with Crippen LogP contribution in [0, 0.1) is 0 Å². The van der Waals surface area contributed by atoms with Gasteiger partial charge in [0.25, 0.3) is 0 Å². The molecule has 0 amide bonds. The highest BCUT2D eigenvalue weighted by molar-refractivity contribution is 6.04. The normalized spacial score (nSPS) is 18.3. The number of fused-ring (bicyclic) bond motifs is 1. The molecule has 0 atom stereocenters. The van der Waals surface area contributed by atoms with Crippen molar-refractivity contribution in [3.63, 3.8) is 0 Å². The number of rotatable bonds is 6. The van der Waals surface area contributed by atoms with Crippen LogP contribution in [-0.4, -0.2) is 64.1 Å². The molecule has 1 aliphatic carbocycles. The van der Waals surface area contributed by atoms with E-state index in [1.165, 1.54) is 5.56 Å². The minimum atomic E-state index is 0.422. The molecule has 2 aliphatic rings. The van der Waals surface area contributed by atoms with Gasteiger partial charge in [-0.1, -0.05) is 17.3 Å². The molecule has 0 spiro atoms. The fourth-order valence-electron chi connectivity index (χ4n) is 4.89. The SMILES string of the molecule is COCCN1CCC(c2nc(-c3ccc4c(c3)CCC4=NO)c(-c3ccncc3)[nH]2)CC1. The number of aromatic nitrogens is 3. The molecule has 0 radical (unpaired) electrons. The molecule has 1 saturated heterocycles. The van der Waals surface area contributed by atoms with Gasteiger partial charge in [0.15, 0.2) is 0 Å². The summed E-state index contributed by atoms with van der Waals surface area (Å²) in [6.07, 6.45) is 7.49. The maximum Gasteiger partial charge on any atom is 0.110 e. The summed E-state index contributed by atoms with van der Waals surface area (Å²) in [5.74, 6) is 1.49. The Morgan fingerprint density at radius 2 is 1.94 bits per heavy atom. The van der Waals surface area contributed by atoms with Gasteiger partial charge in [0, 0.05) is 48.7 Å². The van der Waals surface area contributed by atoms with Gasteiger partial charge in [-0.05, 0) is 62.5 Å². The van der Waals surface area contributed by atoms with Gasteiger partial charge < -0.3 is 19.8 Å². The minimum absolute atomic E-state index is 0.422. The molecule has 0 unspecified atom stereocenters. The van der Waals surface area contributed by atoms with Gasteiger partial charge in [-0.3, -0.25) is 4.98 Å². The number of piperidine rings is 1. The first-order valence-corrected chi connectivity index (χ1v) is 11.3. The van der Waals surface area contributed by atoms with Crippen molar-refractivity contribution in [3.8, 4) is 22.5 Å². The second-order valence-electron chi connectivity index (χ2n) is 8.61. The van der Waals surface area contributed by atoms with Crippen LogP contribution in [0.5, 0.6) is 0 Å². The van der Waals surface area contributed by atoms with E-state index in [9.17, 15) is 5.21 Å². The first-order chi connectivity index (χ1) is 15.8. The third-order valence-corrected chi connectivity index (χ3v) is 6.72. The molecule has 5 rings (SSSR count). The lowest BCUT2D eigenvalue weighted by Gasteiger charge is -2.30. The Hall–Kier alpha value is -3.03. The van der Waals surface area contributed by atoms with Crippen LogP contribution in [0.1, 0.15) is 42.1 Å². The number of pyridine rings is 1. The van der Waals surface area contributed by atoms with Crippen LogP contribution in [-0.2, 0) is 11.2 Å². The van der Waals surface area contributed by atoms with Crippen LogP contribution < -0.4 is 0 Å². The van der Waals surface area contributed by atoms with E-state index in [0.29, 0.717) is 5.92 Å². The van der Waals surface area contributed by atoms with Crippen LogP contribution in [0.3, 0.4) is 0 Å². The van der Waals surface area contributed by atoms with Gasteiger partial charge in [-0.15, -0.1) is 0 Å². The van der Waals surface area contributed by atoms with Crippen LogP contribution in [0.25, 0.3) is 22.5 Å². The maximum atomic E-state index is 9.26. The highest BCUT2D eigenvalue weighted by atomic mass is 16.5. The summed E-state index contributed by atoms with van der Waals surface area (Å²) >= 11 is 0. The Morgan fingerprint density at radius 3 is 2.69 bits per heavy atom. The first kappa shape index (κ1) is 20.8. The van der Waals surface area contributed by atoms with Crippen molar-refractivity contribution in [1.29, 1.82) is 0 Å². The zero-order valence-corrected chi connectivity index (χ0v) is 18.4. The van der Waals surface area contributed by atoms with Crippen molar-refractivity contribution in [2.24, 2.45) is 5.16 Å². The van der Waals surface area contributed by atoms with Gasteiger partial charge in [0.1, 0.15) is 5.82 Å². The fraction of sp³-hybridized carbons (Fsp3) is 0.400. The number of benzene rings is 1. The summed E-state index contributed by atoms with van der Waals surface area (Å²) < 4.78 is 5.23. The number of likely N-dealkylation sites (tertiary alicyclic amines) is 1. The Kier molecular flexibility index (Phi) is 6.01. The number of nitrogens with one attached hydrogen (secondary N) is 1. The van der Waals surface area contributed by atoms with Gasteiger partial charge in [0.05, 0.1) is 23.7 Å². The van der Waals surface area contributed by atoms with Crippen molar-refractivity contribution in [2.75, 3.05) is 33.4 Å². The lowest BCUT2D eigenvalue weighted by molar-refractivity contribution is 0.129. The smallest absolute Gasteiger partial charge is 0.110 e. The Bertz CT molecular complexity index is 1100. The van der Waals surface area contributed by atoms with Crippen LogP contribution in [0.4, 0.5) is 0 Å². The number of methoxy groups -OCH3 is 1. The molecule has 3 heterocycles. The number of hydrogen-bond donors (Lipinski definition) is 2. The first-order valence-electron chi connectivity index (χ1n) is 11.3. The van der Waals surface area contributed by atoms with Crippen molar-refractivity contribution >= 4 is 5.71 Å². The van der Waals surface area contributed by atoms with Crippen molar-refractivity contribution in [3.05, 3.63) is 59.7 Å². The van der Waals surface area contributed by atoms with E-state index in [1.54, 1.807) is 7.11 Å². The van der Waals surface area contributed by atoms with E-state index in [0.717, 1.165) is 91.5 Å². The van der Waals surface area contributed by atoms with E-state index in [-0.39, 0.29) is 0 Å². The molecule has 1 aliphatic heterocycles. The predicted octanol–water partition coefficient (Wildman–Crippen LogP) is 4.09. The van der Waals surface area contributed by atoms with Gasteiger partial charge in [-0.25, -0.2) is 4.98 Å². The molecule has 1 aromatic carbocycles. The Balaban J connectivity index is 1.47. The zero-order chi connectivity index (χ0) is 21.9. The molecule has 166 valence electrons. The second kappa shape index (κ2) is 9.22. The maximum absolute atomic E-state index is 9.26. The number of oxime groups is 1. The molecule has 2 aromatic heterocycles. The molecule has 7 nitrogen and oxygen atoms in total. The van der Waals surface area contributed by atoms with E-state index < -0.39 is 0 Å². The highest BCUT2D eigenvalue weighted by Gasteiger charge is 2.26. The fourth-order valence-corrected chi connectivity index (χ4v) is 4.89. The van der Waals surface area contributed by atoms with E-state index >= 15 is 0 Å². The predicted molar refractivity (Wildman–Crippen MR) is 124 cm³/mol. The van der Waals surface area contributed by atoms with Gasteiger partial charge in [0.2, 0.25) is 0 Å². The minimum Gasteiger partial charge on any atom is -0.411 e. The number of H-pyrrole nitrogens is 1. The summed E-state index contributed by atoms with van der Waals surface area (Å²) in [7, 11) is 1.76. The quantitative estimate of drug-likeness (QED) is 0.453. The number of hydrogen-bond acceptors (Lipinski definition) is 6. The van der Waals surface area contributed by atoms with Gasteiger partial charge >= 0.3 is 0 Å². The lowest BCUT2D eigenvalue weighted by Crippen LogP contribution is -2.35. The van der Waals surface area contributed by atoms with Crippen molar-refractivity contribution in [1.82, 2.24) is 19.9 Å². The largest absolute Gasteiger partial charge is 0.411 e. The molecular formula is C25H29N5O2. The summed E-state index contributed by atoms with van der Waals surface area (Å²) in [5, 5.41) is 12.7. The average Bonchev–Trinajstić information content (AvgIpc) is 3.48. The topological polar surface area (TPSA) is 86.6 Å². The number of aryl methyl sites for hydroxylation is 1. The summed E-state index contributed by atoms with van der Waals surface area (Å²) in [6.45, 7) is 3.90.